The van der Waals surface area contributed by atoms with E-state index in [0.29, 0.717) is 0 Å². The number of benzene rings is 1. The van der Waals surface area contributed by atoms with Gasteiger partial charge < -0.3 is 14.7 Å². The fraction of sp³-hybridized carbons (Fsp3) is 0.444. The lowest BCUT2D eigenvalue weighted by atomic mass is 9.99. The van der Waals surface area contributed by atoms with Crippen molar-refractivity contribution in [2.45, 2.75) is 26.4 Å². The molecule has 5 heteroatoms. The van der Waals surface area contributed by atoms with Gasteiger partial charge in [0, 0.05) is 31.8 Å². The molecule has 0 saturated carbocycles. The van der Waals surface area contributed by atoms with Crippen LogP contribution in [-0.2, 0) is 16.0 Å². The lowest BCUT2D eigenvalue weighted by Crippen LogP contribution is -2.37. The minimum absolute atomic E-state index is 0.0385. The number of fused-ring (bicyclic) bond motifs is 1. The molecule has 1 N–H and O–H groups in total. The lowest BCUT2D eigenvalue weighted by Gasteiger charge is -2.21. The summed E-state index contributed by atoms with van der Waals surface area (Å²) in [4.78, 5) is 18.6. The summed E-state index contributed by atoms with van der Waals surface area (Å²) in [6.07, 6.45) is -0.392. The highest BCUT2D eigenvalue weighted by Crippen LogP contribution is 2.23. The summed E-state index contributed by atoms with van der Waals surface area (Å²) in [5.74, 6) is -0.0385. The molecule has 1 atom stereocenters. The normalized spacial score (nSPS) is 12.4. The van der Waals surface area contributed by atoms with Crippen molar-refractivity contribution in [2.75, 3.05) is 27.3 Å². The van der Waals surface area contributed by atoms with Gasteiger partial charge in [-0.2, -0.15) is 0 Å². The van der Waals surface area contributed by atoms with Crippen LogP contribution in [0.3, 0.4) is 0 Å². The number of hydrogen-bond acceptors (Lipinski definition) is 4. The quantitative estimate of drug-likeness (QED) is 0.883. The summed E-state index contributed by atoms with van der Waals surface area (Å²) in [6.45, 7) is 4.43. The van der Waals surface area contributed by atoms with Gasteiger partial charge in [-0.25, -0.2) is 0 Å². The number of carbonyl (C=O) groups is 1. The zero-order valence-corrected chi connectivity index (χ0v) is 14.2. The van der Waals surface area contributed by atoms with Crippen molar-refractivity contribution < 1.29 is 14.6 Å². The average Bonchev–Trinajstić information content (AvgIpc) is 2.51. The van der Waals surface area contributed by atoms with Crippen LogP contribution in [0.25, 0.3) is 10.9 Å². The molecular weight excluding hydrogens is 292 g/mol. The Labute approximate surface area is 136 Å². The number of aliphatic hydroxyl groups is 1. The molecular formula is C18H24N2O3. The molecule has 1 aromatic heterocycles. The third-order valence-electron chi connectivity index (χ3n) is 4.08. The van der Waals surface area contributed by atoms with Crippen LogP contribution in [0.4, 0.5) is 0 Å². The van der Waals surface area contributed by atoms with Crippen LogP contribution in [0.5, 0.6) is 0 Å². The van der Waals surface area contributed by atoms with Crippen molar-refractivity contribution in [1.29, 1.82) is 0 Å². The minimum atomic E-state index is -0.675. The molecule has 0 saturated heterocycles. The highest BCUT2D eigenvalue weighted by Gasteiger charge is 2.17. The predicted octanol–water partition coefficient (Wildman–Crippen LogP) is 1.86. The van der Waals surface area contributed by atoms with E-state index in [0.717, 1.165) is 27.7 Å². The van der Waals surface area contributed by atoms with Gasteiger partial charge >= 0.3 is 0 Å². The highest BCUT2D eigenvalue weighted by molar-refractivity contribution is 5.86. The number of aromatic nitrogens is 1. The van der Waals surface area contributed by atoms with Crippen LogP contribution >= 0.6 is 0 Å². The lowest BCUT2D eigenvalue weighted by molar-refractivity contribution is -0.130. The number of rotatable bonds is 6. The Balaban J connectivity index is 2.19. The van der Waals surface area contributed by atoms with E-state index in [1.807, 2.05) is 38.1 Å². The van der Waals surface area contributed by atoms with Gasteiger partial charge in [-0.15, -0.1) is 0 Å². The highest BCUT2D eigenvalue weighted by atomic mass is 16.5. The second-order valence-corrected chi connectivity index (χ2v) is 5.88. The summed E-state index contributed by atoms with van der Waals surface area (Å²) in [6, 6.07) is 7.94. The summed E-state index contributed by atoms with van der Waals surface area (Å²) in [5, 5.41) is 10.8. The molecule has 1 amide bonds. The van der Waals surface area contributed by atoms with Gasteiger partial charge in [-0.3, -0.25) is 9.78 Å². The molecule has 0 radical (unpaired) electrons. The number of pyridine rings is 1. The zero-order chi connectivity index (χ0) is 17.0. The number of hydrogen-bond donors (Lipinski definition) is 1. The number of nitrogens with zero attached hydrogens (tertiary/aromatic N) is 2. The van der Waals surface area contributed by atoms with Crippen molar-refractivity contribution in [3.8, 4) is 0 Å². The van der Waals surface area contributed by atoms with E-state index in [-0.39, 0.29) is 25.5 Å². The smallest absolute Gasteiger partial charge is 0.226 e. The third-order valence-corrected chi connectivity index (χ3v) is 4.08. The molecule has 1 unspecified atom stereocenters. The van der Waals surface area contributed by atoms with Gasteiger partial charge in [0.1, 0.15) is 0 Å². The van der Waals surface area contributed by atoms with Crippen molar-refractivity contribution >= 4 is 16.8 Å². The van der Waals surface area contributed by atoms with Gasteiger partial charge in [-0.1, -0.05) is 18.2 Å². The molecule has 23 heavy (non-hydrogen) atoms. The van der Waals surface area contributed by atoms with Crippen LogP contribution in [0, 0.1) is 13.8 Å². The van der Waals surface area contributed by atoms with Crippen LogP contribution in [0.2, 0.25) is 0 Å². The van der Waals surface area contributed by atoms with E-state index in [1.165, 1.54) is 12.0 Å². The van der Waals surface area contributed by atoms with E-state index in [9.17, 15) is 9.90 Å². The molecule has 2 rings (SSSR count). The maximum Gasteiger partial charge on any atom is 0.226 e. The molecule has 1 aromatic carbocycles. The molecule has 2 aromatic rings. The number of aliphatic hydroxyl groups excluding tert-OH is 1. The second-order valence-electron chi connectivity index (χ2n) is 5.88. The standard InChI is InChI=1S/C18H24N2O3/c1-12-15-7-5-6-8-17(15)19-13(2)16(12)9-18(22)20(3)10-14(21)11-23-4/h5-8,14,21H,9-11H2,1-4H3. The fourth-order valence-electron chi connectivity index (χ4n) is 2.78. The number of ether oxygens (including phenoxy) is 1. The topological polar surface area (TPSA) is 62.7 Å². The SMILES string of the molecule is COCC(O)CN(C)C(=O)Cc1c(C)nc2ccccc2c1C. The number of amides is 1. The van der Waals surface area contributed by atoms with E-state index in [4.69, 9.17) is 4.74 Å². The van der Waals surface area contributed by atoms with Crippen LogP contribution in [0.15, 0.2) is 24.3 Å². The van der Waals surface area contributed by atoms with Gasteiger partial charge in [0.05, 0.1) is 24.6 Å². The number of carbonyl (C=O) groups excluding carboxylic acids is 1. The maximum absolute atomic E-state index is 12.4. The molecule has 0 aliphatic rings. The number of aryl methyl sites for hydroxylation is 2. The first kappa shape index (κ1) is 17.4. The van der Waals surface area contributed by atoms with Crippen LogP contribution < -0.4 is 0 Å². The first-order valence-electron chi connectivity index (χ1n) is 7.69. The Kier molecular flexibility index (Phi) is 5.69. The van der Waals surface area contributed by atoms with Gasteiger partial charge in [0.25, 0.3) is 0 Å². The largest absolute Gasteiger partial charge is 0.389 e. The molecule has 0 spiro atoms. The number of para-hydroxylation sites is 1. The Morgan fingerprint density at radius 3 is 2.74 bits per heavy atom. The summed E-state index contributed by atoms with van der Waals surface area (Å²) in [5.41, 5.74) is 3.87. The van der Waals surface area contributed by atoms with Crippen molar-refractivity contribution in [3.05, 3.63) is 41.1 Å². The fourth-order valence-corrected chi connectivity index (χ4v) is 2.78. The summed E-state index contributed by atoms with van der Waals surface area (Å²) < 4.78 is 4.89. The Hall–Kier alpha value is -1.98. The molecule has 0 fully saturated rings. The first-order chi connectivity index (χ1) is 10.9. The maximum atomic E-state index is 12.4. The van der Waals surface area contributed by atoms with Gasteiger partial charge in [0.2, 0.25) is 5.91 Å². The predicted molar refractivity (Wildman–Crippen MR) is 90.4 cm³/mol. The van der Waals surface area contributed by atoms with Crippen molar-refractivity contribution in [3.63, 3.8) is 0 Å². The molecule has 5 nitrogen and oxygen atoms in total. The Morgan fingerprint density at radius 1 is 1.35 bits per heavy atom. The second kappa shape index (κ2) is 7.53. The summed E-state index contributed by atoms with van der Waals surface area (Å²) in [7, 11) is 3.22. The molecule has 0 aliphatic carbocycles. The van der Waals surface area contributed by atoms with Gasteiger partial charge in [0.15, 0.2) is 0 Å². The molecule has 0 aliphatic heterocycles. The molecule has 0 bridgehead atoms. The zero-order valence-electron chi connectivity index (χ0n) is 14.2. The minimum Gasteiger partial charge on any atom is -0.389 e. The van der Waals surface area contributed by atoms with E-state index in [2.05, 4.69) is 4.98 Å². The third kappa shape index (κ3) is 4.06. The Bertz CT molecular complexity index is 700. The number of methoxy groups -OCH3 is 1. The Morgan fingerprint density at radius 2 is 2.04 bits per heavy atom. The molecule has 1 heterocycles. The molecule has 124 valence electrons. The van der Waals surface area contributed by atoms with Crippen LogP contribution in [-0.4, -0.2) is 54.3 Å². The van der Waals surface area contributed by atoms with Gasteiger partial charge in [-0.05, 0) is 31.0 Å². The monoisotopic (exact) mass is 316 g/mol. The van der Waals surface area contributed by atoms with Crippen molar-refractivity contribution in [2.24, 2.45) is 0 Å². The average molecular weight is 316 g/mol. The number of likely N-dealkylation sites (N-methyl/N-ethyl adjacent to an activating group) is 1. The van der Waals surface area contributed by atoms with E-state index in [1.54, 1.807) is 7.05 Å². The van der Waals surface area contributed by atoms with Crippen molar-refractivity contribution in [1.82, 2.24) is 9.88 Å². The summed E-state index contributed by atoms with van der Waals surface area (Å²) >= 11 is 0. The first-order valence-corrected chi connectivity index (χ1v) is 7.69. The van der Waals surface area contributed by atoms with Crippen LogP contribution in [0.1, 0.15) is 16.8 Å². The van der Waals surface area contributed by atoms with E-state index < -0.39 is 6.10 Å². The van der Waals surface area contributed by atoms with E-state index >= 15 is 0 Å².